The minimum Gasteiger partial charge on any atom is -0.493 e. The summed E-state index contributed by atoms with van der Waals surface area (Å²) in [6.07, 6.45) is 1.35. The van der Waals surface area contributed by atoms with Gasteiger partial charge in [0.25, 0.3) is 0 Å². The van der Waals surface area contributed by atoms with Crippen LogP contribution in [-0.2, 0) is 27.6 Å². The third-order valence-corrected chi connectivity index (χ3v) is 6.16. The van der Waals surface area contributed by atoms with E-state index in [1.165, 1.54) is 4.31 Å². The maximum Gasteiger partial charge on any atom is 0.247 e. The average molecular weight is 311 g/mol. The predicted molar refractivity (Wildman–Crippen MR) is 74.4 cm³/mol. The van der Waals surface area contributed by atoms with Crippen molar-refractivity contribution in [2.24, 2.45) is 0 Å². The second-order valence-electron chi connectivity index (χ2n) is 5.38. The lowest BCUT2D eigenvalue weighted by atomic mass is 10.1. The van der Waals surface area contributed by atoms with E-state index in [-0.39, 0.29) is 0 Å². The van der Waals surface area contributed by atoms with Gasteiger partial charge in [0, 0.05) is 37.1 Å². The first-order valence-corrected chi connectivity index (χ1v) is 8.64. The number of morpholine rings is 1. The molecule has 0 unspecified atom stereocenters. The summed E-state index contributed by atoms with van der Waals surface area (Å²) in [6.45, 7) is 2.72. The molecule has 114 valence electrons. The minimum absolute atomic E-state index is 0.326. The summed E-state index contributed by atoms with van der Waals surface area (Å²) in [5.74, 6) is 1.23. The lowest BCUT2D eigenvalue weighted by Gasteiger charge is -2.27. The fourth-order valence-corrected chi connectivity index (χ4v) is 4.96. The van der Waals surface area contributed by atoms with Crippen molar-refractivity contribution < 1.29 is 22.6 Å². The van der Waals surface area contributed by atoms with Gasteiger partial charge in [-0.25, -0.2) is 8.42 Å². The van der Waals surface area contributed by atoms with Crippen LogP contribution in [0.2, 0.25) is 0 Å². The number of ether oxygens (including phenoxy) is 3. The lowest BCUT2D eigenvalue weighted by molar-refractivity contribution is 0.0729. The van der Waals surface area contributed by atoms with E-state index >= 15 is 0 Å². The van der Waals surface area contributed by atoms with Crippen LogP contribution in [0.4, 0.5) is 0 Å². The summed E-state index contributed by atoms with van der Waals surface area (Å²) in [5.41, 5.74) is 1.70. The van der Waals surface area contributed by atoms with E-state index in [4.69, 9.17) is 14.2 Å². The van der Waals surface area contributed by atoms with E-state index in [0.29, 0.717) is 62.3 Å². The molecular formula is C14H17NO5S. The molecule has 0 atom stereocenters. The van der Waals surface area contributed by atoms with Crippen molar-refractivity contribution in [2.45, 2.75) is 17.7 Å². The molecule has 3 aliphatic rings. The first-order chi connectivity index (χ1) is 10.2. The Balaban J connectivity index is 1.88. The Morgan fingerprint density at radius 2 is 1.76 bits per heavy atom. The molecule has 4 rings (SSSR count). The minimum atomic E-state index is -3.56. The Kier molecular flexibility index (Phi) is 3.09. The fourth-order valence-electron chi connectivity index (χ4n) is 3.13. The first kappa shape index (κ1) is 13.4. The number of hydrogen-bond donors (Lipinski definition) is 0. The highest BCUT2D eigenvalue weighted by Crippen LogP contribution is 2.44. The molecule has 0 saturated carbocycles. The van der Waals surface area contributed by atoms with Crippen LogP contribution in [0, 0.1) is 0 Å². The SMILES string of the molecule is O=S(=O)(c1c2c(cc3c1OCC3)OCC2)N1CCOCC1. The van der Waals surface area contributed by atoms with Crippen molar-refractivity contribution in [3.63, 3.8) is 0 Å². The normalized spacial score (nSPS) is 21.5. The summed E-state index contributed by atoms with van der Waals surface area (Å²) < 4.78 is 44.1. The van der Waals surface area contributed by atoms with Crippen molar-refractivity contribution in [3.05, 3.63) is 17.2 Å². The number of hydrogen-bond acceptors (Lipinski definition) is 5. The van der Waals surface area contributed by atoms with E-state index in [9.17, 15) is 8.42 Å². The molecule has 0 spiro atoms. The summed E-state index contributed by atoms with van der Waals surface area (Å²) in [7, 11) is -3.56. The topological polar surface area (TPSA) is 65.1 Å². The Labute approximate surface area is 123 Å². The lowest BCUT2D eigenvalue weighted by Crippen LogP contribution is -2.41. The van der Waals surface area contributed by atoms with Gasteiger partial charge in [-0.1, -0.05) is 0 Å². The predicted octanol–water partition coefficient (Wildman–Crippen LogP) is 0.577. The standard InChI is InChI=1S/C14H17NO5S/c16-21(17,15-3-7-18-8-4-15)14-11-2-6-19-12(11)9-10-1-5-20-13(10)14/h9H,1-8H2. The number of fused-ring (bicyclic) bond motifs is 2. The van der Waals surface area contributed by atoms with Crippen molar-refractivity contribution >= 4 is 10.0 Å². The molecule has 0 bridgehead atoms. The maximum atomic E-state index is 13.0. The molecule has 0 N–H and O–H groups in total. The molecule has 1 aromatic carbocycles. The van der Waals surface area contributed by atoms with Gasteiger partial charge in [0.2, 0.25) is 10.0 Å². The fraction of sp³-hybridized carbons (Fsp3) is 0.571. The molecule has 7 heteroatoms. The molecule has 1 aromatic rings. The number of nitrogens with zero attached hydrogens (tertiary/aromatic N) is 1. The second-order valence-corrected chi connectivity index (χ2v) is 7.26. The van der Waals surface area contributed by atoms with Crippen molar-refractivity contribution in [1.82, 2.24) is 4.31 Å². The Morgan fingerprint density at radius 3 is 2.57 bits per heavy atom. The van der Waals surface area contributed by atoms with E-state index < -0.39 is 10.0 Å². The highest BCUT2D eigenvalue weighted by atomic mass is 32.2. The van der Waals surface area contributed by atoms with E-state index in [1.54, 1.807) is 0 Å². The quantitative estimate of drug-likeness (QED) is 0.799. The van der Waals surface area contributed by atoms with Gasteiger partial charge in [-0.3, -0.25) is 0 Å². The molecule has 0 radical (unpaired) electrons. The van der Waals surface area contributed by atoms with Crippen LogP contribution in [0.3, 0.4) is 0 Å². The van der Waals surface area contributed by atoms with Gasteiger partial charge in [0.1, 0.15) is 16.4 Å². The zero-order chi connectivity index (χ0) is 14.4. The highest BCUT2D eigenvalue weighted by molar-refractivity contribution is 7.89. The molecule has 6 nitrogen and oxygen atoms in total. The van der Waals surface area contributed by atoms with Crippen LogP contribution in [0.25, 0.3) is 0 Å². The van der Waals surface area contributed by atoms with Gasteiger partial charge in [0.05, 0.1) is 26.4 Å². The number of rotatable bonds is 2. The third kappa shape index (κ3) is 2.03. The van der Waals surface area contributed by atoms with Gasteiger partial charge < -0.3 is 14.2 Å². The number of benzene rings is 1. The van der Waals surface area contributed by atoms with Crippen LogP contribution in [0.15, 0.2) is 11.0 Å². The van der Waals surface area contributed by atoms with Crippen LogP contribution in [-0.4, -0.2) is 52.2 Å². The van der Waals surface area contributed by atoms with Crippen molar-refractivity contribution in [3.8, 4) is 11.5 Å². The maximum absolute atomic E-state index is 13.0. The Hall–Kier alpha value is -1.31. The molecule has 0 aromatic heterocycles. The molecule has 0 amide bonds. The van der Waals surface area contributed by atoms with Crippen LogP contribution in [0.1, 0.15) is 11.1 Å². The largest absolute Gasteiger partial charge is 0.493 e. The van der Waals surface area contributed by atoms with Gasteiger partial charge in [-0.05, 0) is 6.07 Å². The Bertz CT molecular complexity index is 647. The molecule has 3 heterocycles. The molecule has 0 aliphatic carbocycles. The van der Waals surface area contributed by atoms with Crippen molar-refractivity contribution in [2.75, 3.05) is 39.5 Å². The smallest absolute Gasteiger partial charge is 0.247 e. The summed E-state index contributed by atoms with van der Waals surface area (Å²) in [5, 5.41) is 0. The Morgan fingerprint density at radius 1 is 1.00 bits per heavy atom. The van der Waals surface area contributed by atoms with Crippen LogP contribution in [0.5, 0.6) is 11.5 Å². The summed E-state index contributed by atoms with van der Waals surface area (Å²) in [6, 6.07) is 1.93. The third-order valence-electron chi connectivity index (χ3n) is 4.17. The molecule has 3 aliphatic heterocycles. The zero-order valence-electron chi connectivity index (χ0n) is 11.6. The van der Waals surface area contributed by atoms with E-state index in [2.05, 4.69) is 0 Å². The first-order valence-electron chi connectivity index (χ1n) is 7.20. The summed E-state index contributed by atoms with van der Waals surface area (Å²) >= 11 is 0. The van der Waals surface area contributed by atoms with Gasteiger partial charge in [-0.15, -0.1) is 0 Å². The number of sulfonamides is 1. The van der Waals surface area contributed by atoms with Gasteiger partial charge >= 0.3 is 0 Å². The highest BCUT2D eigenvalue weighted by Gasteiger charge is 2.37. The van der Waals surface area contributed by atoms with E-state index in [0.717, 1.165) is 17.5 Å². The molecular weight excluding hydrogens is 294 g/mol. The van der Waals surface area contributed by atoms with Crippen molar-refractivity contribution in [1.29, 1.82) is 0 Å². The van der Waals surface area contributed by atoms with Crippen LogP contribution >= 0.6 is 0 Å². The zero-order valence-corrected chi connectivity index (χ0v) is 12.4. The second kappa shape index (κ2) is 4.86. The van der Waals surface area contributed by atoms with Gasteiger partial charge in [0.15, 0.2) is 0 Å². The average Bonchev–Trinajstić information content (AvgIpc) is 3.13. The molecule has 1 fully saturated rings. The molecule has 21 heavy (non-hydrogen) atoms. The monoisotopic (exact) mass is 311 g/mol. The molecule has 1 saturated heterocycles. The van der Waals surface area contributed by atoms with Crippen LogP contribution < -0.4 is 9.47 Å². The summed E-state index contributed by atoms with van der Waals surface area (Å²) in [4.78, 5) is 0.326. The van der Waals surface area contributed by atoms with Gasteiger partial charge in [-0.2, -0.15) is 4.31 Å². The van der Waals surface area contributed by atoms with E-state index in [1.807, 2.05) is 6.07 Å².